The van der Waals surface area contributed by atoms with Gasteiger partial charge in [-0.15, -0.1) is 0 Å². The molecule has 1 amide bonds. The molecule has 0 bridgehead atoms. The monoisotopic (exact) mass is 536 g/mol. The number of aryl methyl sites for hydroxylation is 1. The fourth-order valence-corrected chi connectivity index (χ4v) is 4.73. The molecule has 3 aromatic rings. The molecule has 2 aromatic heterocycles. The number of nitrogens with two attached hydrogens (primary N) is 1. The van der Waals surface area contributed by atoms with Gasteiger partial charge in [-0.3, -0.25) is 9.69 Å². The number of rotatable bonds is 6. The number of anilines is 1. The van der Waals surface area contributed by atoms with Gasteiger partial charge in [0.1, 0.15) is 18.0 Å². The molecule has 1 fully saturated rings. The van der Waals surface area contributed by atoms with Gasteiger partial charge in [-0.25, -0.2) is 19.3 Å². The van der Waals surface area contributed by atoms with Crippen LogP contribution < -0.4 is 5.73 Å². The number of amides is 1. The Bertz CT molecular complexity index is 1340. The van der Waals surface area contributed by atoms with Crippen molar-refractivity contribution in [1.82, 2.24) is 24.8 Å². The molecular formula is C28H30ClFN6O2. The maximum Gasteiger partial charge on any atom is 0.258 e. The summed E-state index contributed by atoms with van der Waals surface area (Å²) in [4.78, 5) is 29.9. The van der Waals surface area contributed by atoms with Crippen LogP contribution >= 0.6 is 11.6 Å². The van der Waals surface area contributed by atoms with Crippen LogP contribution in [0.15, 0.2) is 36.8 Å². The third-order valence-corrected chi connectivity index (χ3v) is 6.84. The molecule has 0 radical (unpaired) electrons. The zero-order valence-electron chi connectivity index (χ0n) is 21.7. The molecular weight excluding hydrogens is 507 g/mol. The Kier molecular flexibility index (Phi) is 8.89. The molecule has 1 unspecified atom stereocenters. The first-order chi connectivity index (χ1) is 18.3. The summed E-state index contributed by atoms with van der Waals surface area (Å²) in [6.45, 7) is 6.97. The van der Waals surface area contributed by atoms with Gasteiger partial charge in [0, 0.05) is 56.7 Å². The highest BCUT2D eigenvalue weighted by Crippen LogP contribution is 2.31. The van der Waals surface area contributed by atoms with Crippen molar-refractivity contribution < 1.29 is 13.9 Å². The summed E-state index contributed by atoms with van der Waals surface area (Å²) < 4.78 is 20.7. The predicted molar refractivity (Wildman–Crippen MR) is 145 cm³/mol. The van der Waals surface area contributed by atoms with E-state index >= 15 is 4.39 Å². The van der Waals surface area contributed by atoms with E-state index in [1.54, 1.807) is 36.4 Å². The fourth-order valence-electron chi connectivity index (χ4n) is 4.44. The Morgan fingerprint density at radius 1 is 1.18 bits per heavy atom. The van der Waals surface area contributed by atoms with Gasteiger partial charge in [-0.05, 0) is 37.6 Å². The molecule has 1 aromatic carbocycles. The zero-order valence-corrected chi connectivity index (χ0v) is 22.4. The zero-order chi connectivity index (χ0) is 27.2. The van der Waals surface area contributed by atoms with Crippen LogP contribution in [-0.4, -0.2) is 76.6 Å². The van der Waals surface area contributed by atoms with E-state index in [1.807, 2.05) is 6.92 Å². The summed E-state index contributed by atoms with van der Waals surface area (Å²) in [5.41, 5.74) is 8.31. The Hall–Kier alpha value is -3.58. The lowest BCUT2D eigenvalue weighted by molar-refractivity contribution is 0.0446. The van der Waals surface area contributed by atoms with Crippen LogP contribution in [0.1, 0.15) is 41.0 Å². The van der Waals surface area contributed by atoms with E-state index in [-0.39, 0.29) is 16.6 Å². The number of carbonyl (C=O) groups excluding carboxylic acids is 1. The van der Waals surface area contributed by atoms with Gasteiger partial charge in [0.05, 0.1) is 34.1 Å². The van der Waals surface area contributed by atoms with Crippen molar-refractivity contribution in [2.45, 2.75) is 26.3 Å². The Morgan fingerprint density at radius 2 is 1.95 bits per heavy atom. The molecule has 198 valence electrons. The highest BCUT2D eigenvalue weighted by molar-refractivity contribution is 6.34. The molecule has 38 heavy (non-hydrogen) atoms. The summed E-state index contributed by atoms with van der Waals surface area (Å²) in [7, 11) is 1.67. The highest BCUT2D eigenvalue weighted by Gasteiger charge is 2.28. The maximum atomic E-state index is 15.5. The van der Waals surface area contributed by atoms with E-state index < -0.39 is 11.7 Å². The standard InChI is InChI=1S/C28H30ClFN6O2/c1-4-24-21(7-5-19-6-8-25(31)32-15-19)27(34-17-33-24)20-13-22(29)26(23(30)14-20)28(37)36-11-9-35(10-12-36)18(2)16-38-3/h6,8,13-15,17-18H,4,9-12,16H2,1-3H3,(H2,31,32). The number of methoxy groups -OCH3 is 1. The number of piperazine rings is 1. The largest absolute Gasteiger partial charge is 0.384 e. The minimum Gasteiger partial charge on any atom is -0.384 e. The summed E-state index contributed by atoms with van der Waals surface area (Å²) in [5.74, 6) is 5.42. The van der Waals surface area contributed by atoms with E-state index in [4.69, 9.17) is 22.1 Å². The van der Waals surface area contributed by atoms with Crippen LogP contribution in [0, 0.1) is 17.7 Å². The molecule has 4 rings (SSSR count). The van der Waals surface area contributed by atoms with Gasteiger partial charge < -0.3 is 15.4 Å². The van der Waals surface area contributed by atoms with Gasteiger partial charge in [0.25, 0.3) is 5.91 Å². The first-order valence-corrected chi connectivity index (χ1v) is 12.8. The first kappa shape index (κ1) is 27.5. The van der Waals surface area contributed by atoms with Gasteiger partial charge in [-0.2, -0.15) is 0 Å². The van der Waals surface area contributed by atoms with Gasteiger partial charge >= 0.3 is 0 Å². The van der Waals surface area contributed by atoms with E-state index in [0.29, 0.717) is 73.1 Å². The Morgan fingerprint density at radius 3 is 2.58 bits per heavy atom. The number of hydrogen-bond donors (Lipinski definition) is 1. The number of halogens is 2. The molecule has 3 heterocycles. The molecule has 10 heteroatoms. The van der Waals surface area contributed by atoms with Crippen molar-refractivity contribution in [3.63, 3.8) is 0 Å². The number of hydrogen-bond acceptors (Lipinski definition) is 7. The average Bonchev–Trinajstić information content (AvgIpc) is 2.92. The normalized spacial score (nSPS) is 14.6. The number of pyridine rings is 1. The third kappa shape index (κ3) is 6.10. The minimum atomic E-state index is -0.703. The average molecular weight is 537 g/mol. The second kappa shape index (κ2) is 12.3. The van der Waals surface area contributed by atoms with Crippen LogP contribution in [0.3, 0.4) is 0 Å². The molecule has 1 aliphatic rings. The van der Waals surface area contributed by atoms with Crippen molar-refractivity contribution >= 4 is 23.3 Å². The van der Waals surface area contributed by atoms with E-state index in [9.17, 15) is 4.79 Å². The second-order valence-corrected chi connectivity index (χ2v) is 9.47. The number of benzene rings is 1. The van der Waals surface area contributed by atoms with Gasteiger partial charge in [0.2, 0.25) is 0 Å². The van der Waals surface area contributed by atoms with Crippen LogP contribution in [0.4, 0.5) is 10.2 Å². The molecule has 1 saturated heterocycles. The summed E-state index contributed by atoms with van der Waals surface area (Å²) in [6.07, 6.45) is 3.59. The number of nitrogen functional groups attached to an aromatic ring is 1. The van der Waals surface area contributed by atoms with Gasteiger partial charge in [0.15, 0.2) is 0 Å². The topological polar surface area (TPSA) is 97.5 Å². The van der Waals surface area contributed by atoms with Crippen molar-refractivity contribution in [2.24, 2.45) is 0 Å². The van der Waals surface area contributed by atoms with E-state index in [1.165, 1.54) is 12.4 Å². The molecule has 1 atom stereocenters. The molecule has 0 spiro atoms. The second-order valence-electron chi connectivity index (χ2n) is 9.07. The highest BCUT2D eigenvalue weighted by atomic mass is 35.5. The summed E-state index contributed by atoms with van der Waals surface area (Å²) in [5, 5.41) is 0.0264. The van der Waals surface area contributed by atoms with E-state index in [2.05, 4.69) is 38.6 Å². The minimum absolute atomic E-state index is 0.0264. The number of ether oxygens (including phenoxy) is 1. The first-order valence-electron chi connectivity index (χ1n) is 12.4. The lowest BCUT2D eigenvalue weighted by Gasteiger charge is -2.38. The maximum absolute atomic E-state index is 15.5. The fraction of sp³-hybridized carbons (Fsp3) is 0.357. The lowest BCUT2D eigenvalue weighted by atomic mass is 10.0. The molecule has 2 N–H and O–H groups in total. The Balaban J connectivity index is 1.62. The number of carbonyl (C=O) groups is 1. The van der Waals surface area contributed by atoms with Crippen molar-refractivity contribution in [1.29, 1.82) is 0 Å². The molecule has 0 saturated carbocycles. The molecule has 0 aliphatic carbocycles. The summed E-state index contributed by atoms with van der Waals surface area (Å²) in [6, 6.07) is 6.52. The Labute approximate surface area is 227 Å². The van der Waals surface area contributed by atoms with Crippen LogP contribution in [0.25, 0.3) is 11.3 Å². The van der Waals surface area contributed by atoms with Gasteiger partial charge in [-0.1, -0.05) is 30.4 Å². The number of aromatic nitrogens is 3. The predicted octanol–water partition coefficient (Wildman–Crippen LogP) is 3.67. The summed E-state index contributed by atoms with van der Waals surface area (Å²) >= 11 is 6.52. The SMILES string of the molecule is CCc1ncnc(-c2cc(F)c(C(=O)N3CCN(C(C)COC)CC3)c(Cl)c2)c1C#Cc1ccc(N)nc1. The van der Waals surface area contributed by atoms with Crippen LogP contribution in [0.2, 0.25) is 5.02 Å². The van der Waals surface area contributed by atoms with Crippen molar-refractivity contribution in [2.75, 3.05) is 45.6 Å². The quantitative estimate of drug-likeness (QED) is 0.480. The molecule has 1 aliphatic heterocycles. The van der Waals surface area contributed by atoms with Crippen LogP contribution in [0.5, 0.6) is 0 Å². The van der Waals surface area contributed by atoms with Crippen molar-refractivity contribution in [3.8, 4) is 23.1 Å². The smallest absolute Gasteiger partial charge is 0.258 e. The third-order valence-electron chi connectivity index (χ3n) is 6.54. The lowest BCUT2D eigenvalue weighted by Crippen LogP contribution is -2.52. The van der Waals surface area contributed by atoms with E-state index in [0.717, 1.165) is 0 Å². The number of nitrogens with zero attached hydrogens (tertiary/aromatic N) is 5. The van der Waals surface area contributed by atoms with Crippen LogP contribution in [-0.2, 0) is 11.2 Å². The van der Waals surface area contributed by atoms with Crippen molar-refractivity contribution in [3.05, 3.63) is 70.0 Å². The molecule has 8 nitrogen and oxygen atoms in total.